The van der Waals surface area contributed by atoms with Gasteiger partial charge in [-0.1, -0.05) is 0 Å². The number of nitrogens with zero attached hydrogens (tertiary/aromatic N) is 1. The highest BCUT2D eigenvalue weighted by molar-refractivity contribution is 5.95. The summed E-state index contributed by atoms with van der Waals surface area (Å²) in [6.07, 6.45) is 0. The maximum absolute atomic E-state index is 13.6. The fourth-order valence-electron chi connectivity index (χ4n) is 1.46. The Hall–Kier alpha value is -1.69. The number of carbonyl (C=O) groups is 1. The molecule has 0 aliphatic heterocycles. The number of hydrogen-bond donors (Lipinski definition) is 2. The van der Waals surface area contributed by atoms with Gasteiger partial charge in [0.25, 0.3) is 5.91 Å². The van der Waals surface area contributed by atoms with E-state index in [1.807, 2.05) is 0 Å². The molecule has 0 atom stereocenters. The fraction of sp³-hybridized carbons (Fsp3) is 0.364. The predicted octanol–water partition coefficient (Wildman–Crippen LogP) is 1.00. The largest absolute Gasteiger partial charge is 0.396 e. The van der Waals surface area contributed by atoms with Gasteiger partial charge >= 0.3 is 0 Å². The maximum Gasteiger partial charge on any atom is 0.257 e. The number of likely N-dealkylation sites (N-methyl/N-ethyl adjacent to an activating group) is 1. The Balaban J connectivity index is 3.10. The van der Waals surface area contributed by atoms with Crippen LogP contribution >= 0.6 is 0 Å². The summed E-state index contributed by atoms with van der Waals surface area (Å²) in [4.78, 5) is 13.0. The number of hydrogen-bond acceptors (Lipinski definition) is 3. The smallest absolute Gasteiger partial charge is 0.257 e. The van der Waals surface area contributed by atoms with Crippen LogP contribution in [0.5, 0.6) is 0 Å². The molecule has 6 heteroatoms. The number of aliphatic hydroxyl groups excluding tert-OH is 1. The highest BCUT2D eigenvalue weighted by Crippen LogP contribution is 2.19. The van der Waals surface area contributed by atoms with E-state index in [0.717, 1.165) is 12.1 Å². The van der Waals surface area contributed by atoms with Gasteiger partial charge in [0.05, 0.1) is 17.9 Å². The first-order valence-electron chi connectivity index (χ1n) is 5.15. The molecule has 0 bridgehead atoms. The summed E-state index contributed by atoms with van der Waals surface area (Å²) in [5.41, 5.74) is 4.41. The van der Waals surface area contributed by atoms with Crippen molar-refractivity contribution < 1.29 is 18.7 Å². The lowest BCUT2D eigenvalue weighted by Crippen LogP contribution is -2.34. The van der Waals surface area contributed by atoms with Crippen molar-refractivity contribution in [2.75, 3.05) is 25.4 Å². The van der Waals surface area contributed by atoms with Crippen molar-refractivity contribution in [3.05, 3.63) is 29.3 Å². The normalized spacial score (nSPS) is 10.4. The summed E-state index contributed by atoms with van der Waals surface area (Å²) < 4.78 is 26.6. The van der Waals surface area contributed by atoms with Crippen LogP contribution < -0.4 is 5.73 Å². The van der Waals surface area contributed by atoms with E-state index in [4.69, 9.17) is 10.8 Å². The third-order valence-corrected chi connectivity index (χ3v) is 2.33. The van der Waals surface area contributed by atoms with Crippen molar-refractivity contribution >= 4 is 11.6 Å². The second-order valence-corrected chi connectivity index (χ2v) is 3.46. The average Bonchev–Trinajstić information content (AvgIpc) is 2.29. The summed E-state index contributed by atoms with van der Waals surface area (Å²) in [7, 11) is 0. The average molecular weight is 244 g/mol. The molecular weight excluding hydrogens is 230 g/mol. The van der Waals surface area contributed by atoms with Gasteiger partial charge in [-0.25, -0.2) is 8.78 Å². The number of carbonyl (C=O) groups excluding carboxylic acids is 1. The second kappa shape index (κ2) is 5.58. The zero-order valence-electron chi connectivity index (χ0n) is 9.41. The van der Waals surface area contributed by atoms with Gasteiger partial charge in [-0.2, -0.15) is 0 Å². The fourth-order valence-corrected chi connectivity index (χ4v) is 1.46. The number of halogens is 2. The second-order valence-electron chi connectivity index (χ2n) is 3.46. The standard InChI is InChI=1S/C11H14F2N2O2/c1-2-15(3-4-16)11(17)8-5-7(12)6-9(14)10(8)13/h5-6,16H,2-4,14H2,1H3. The van der Waals surface area contributed by atoms with E-state index in [2.05, 4.69) is 0 Å². The van der Waals surface area contributed by atoms with Gasteiger partial charge < -0.3 is 15.7 Å². The van der Waals surface area contributed by atoms with Crippen molar-refractivity contribution in [1.82, 2.24) is 4.90 Å². The molecule has 0 radical (unpaired) electrons. The van der Waals surface area contributed by atoms with Crippen molar-refractivity contribution in [2.24, 2.45) is 0 Å². The third-order valence-electron chi connectivity index (χ3n) is 2.33. The van der Waals surface area contributed by atoms with Crippen LogP contribution in [-0.2, 0) is 0 Å². The molecule has 0 aliphatic carbocycles. The molecule has 1 amide bonds. The minimum atomic E-state index is -0.937. The molecule has 94 valence electrons. The number of benzene rings is 1. The minimum Gasteiger partial charge on any atom is -0.396 e. The van der Waals surface area contributed by atoms with Crippen LogP contribution in [0.4, 0.5) is 14.5 Å². The van der Waals surface area contributed by atoms with Crippen LogP contribution in [-0.4, -0.2) is 35.6 Å². The lowest BCUT2D eigenvalue weighted by molar-refractivity contribution is 0.0727. The van der Waals surface area contributed by atoms with Crippen LogP contribution in [0.1, 0.15) is 17.3 Å². The Morgan fingerprint density at radius 2 is 2.12 bits per heavy atom. The molecule has 0 heterocycles. The van der Waals surface area contributed by atoms with E-state index >= 15 is 0 Å². The monoisotopic (exact) mass is 244 g/mol. The Kier molecular flexibility index (Phi) is 4.39. The molecule has 3 N–H and O–H groups in total. The summed E-state index contributed by atoms with van der Waals surface area (Å²) in [6.45, 7) is 1.78. The molecule has 1 aromatic rings. The van der Waals surface area contributed by atoms with Gasteiger partial charge in [0.15, 0.2) is 5.82 Å². The van der Waals surface area contributed by atoms with Gasteiger partial charge in [0, 0.05) is 13.1 Å². The molecule has 0 saturated carbocycles. The Morgan fingerprint density at radius 1 is 1.47 bits per heavy atom. The molecule has 1 rings (SSSR count). The zero-order chi connectivity index (χ0) is 13.0. The van der Waals surface area contributed by atoms with E-state index in [0.29, 0.717) is 0 Å². The van der Waals surface area contributed by atoms with Crippen LogP contribution in [0.15, 0.2) is 12.1 Å². The molecule has 0 fully saturated rings. The van der Waals surface area contributed by atoms with Crippen molar-refractivity contribution in [2.45, 2.75) is 6.92 Å². The van der Waals surface area contributed by atoms with Gasteiger partial charge in [-0.3, -0.25) is 4.79 Å². The van der Waals surface area contributed by atoms with Crippen molar-refractivity contribution in [3.63, 3.8) is 0 Å². The van der Waals surface area contributed by atoms with E-state index in [1.54, 1.807) is 6.92 Å². The molecule has 0 spiro atoms. The quantitative estimate of drug-likeness (QED) is 0.776. The van der Waals surface area contributed by atoms with E-state index in [1.165, 1.54) is 4.90 Å². The first kappa shape index (κ1) is 13.4. The van der Waals surface area contributed by atoms with Gasteiger partial charge in [-0.15, -0.1) is 0 Å². The summed E-state index contributed by atoms with van der Waals surface area (Å²) in [5, 5.41) is 8.76. The molecule has 0 saturated heterocycles. The van der Waals surface area contributed by atoms with Crippen LogP contribution in [0.2, 0.25) is 0 Å². The molecular formula is C11H14F2N2O2. The van der Waals surface area contributed by atoms with Crippen LogP contribution in [0, 0.1) is 11.6 Å². The first-order valence-corrected chi connectivity index (χ1v) is 5.15. The maximum atomic E-state index is 13.6. The molecule has 17 heavy (non-hydrogen) atoms. The number of aliphatic hydroxyl groups is 1. The topological polar surface area (TPSA) is 66.6 Å². The molecule has 0 aromatic heterocycles. The highest BCUT2D eigenvalue weighted by Gasteiger charge is 2.20. The first-order chi connectivity index (χ1) is 8.01. The minimum absolute atomic E-state index is 0.0607. The summed E-state index contributed by atoms with van der Waals surface area (Å²) in [6, 6.07) is 1.61. The summed E-state index contributed by atoms with van der Waals surface area (Å²) in [5.74, 6) is -2.40. The number of amides is 1. The molecule has 0 unspecified atom stereocenters. The van der Waals surface area contributed by atoms with Gasteiger partial charge in [-0.05, 0) is 19.1 Å². The predicted molar refractivity (Wildman–Crippen MR) is 59.4 cm³/mol. The van der Waals surface area contributed by atoms with Gasteiger partial charge in [0.2, 0.25) is 0 Å². The Bertz CT molecular complexity index is 424. The molecule has 4 nitrogen and oxygen atoms in total. The van der Waals surface area contributed by atoms with Crippen molar-refractivity contribution in [3.8, 4) is 0 Å². The molecule has 1 aromatic carbocycles. The van der Waals surface area contributed by atoms with E-state index < -0.39 is 28.8 Å². The van der Waals surface area contributed by atoms with Gasteiger partial charge in [0.1, 0.15) is 5.82 Å². The summed E-state index contributed by atoms with van der Waals surface area (Å²) >= 11 is 0. The number of anilines is 1. The number of rotatable bonds is 4. The molecule has 0 aliphatic rings. The highest BCUT2D eigenvalue weighted by atomic mass is 19.1. The Labute approximate surface area is 97.6 Å². The lowest BCUT2D eigenvalue weighted by atomic mass is 10.1. The number of nitrogen functional groups attached to an aromatic ring is 1. The number of nitrogens with two attached hydrogens (primary N) is 1. The van der Waals surface area contributed by atoms with E-state index in [-0.39, 0.29) is 19.7 Å². The third kappa shape index (κ3) is 2.91. The van der Waals surface area contributed by atoms with Crippen LogP contribution in [0.25, 0.3) is 0 Å². The van der Waals surface area contributed by atoms with E-state index in [9.17, 15) is 13.6 Å². The van der Waals surface area contributed by atoms with Crippen LogP contribution in [0.3, 0.4) is 0 Å². The van der Waals surface area contributed by atoms with Crippen molar-refractivity contribution in [1.29, 1.82) is 0 Å². The lowest BCUT2D eigenvalue weighted by Gasteiger charge is -2.20. The SMILES string of the molecule is CCN(CCO)C(=O)c1cc(F)cc(N)c1F. The Morgan fingerprint density at radius 3 is 2.65 bits per heavy atom. The zero-order valence-corrected chi connectivity index (χ0v) is 9.41.